The molecule has 0 aromatic heterocycles. The van der Waals surface area contributed by atoms with E-state index in [4.69, 9.17) is 4.74 Å². The van der Waals surface area contributed by atoms with Gasteiger partial charge in [0, 0.05) is 44.0 Å². The van der Waals surface area contributed by atoms with E-state index in [9.17, 15) is 13.2 Å². The minimum atomic E-state index is -3.44. The van der Waals surface area contributed by atoms with Crippen molar-refractivity contribution in [2.75, 3.05) is 50.5 Å². The first-order valence-electron chi connectivity index (χ1n) is 10.6. The highest BCUT2D eigenvalue weighted by Crippen LogP contribution is 2.21. The summed E-state index contributed by atoms with van der Waals surface area (Å²) >= 11 is 0. The predicted octanol–water partition coefficient (Wildman–Crippen LogP) is 2.73. The molecule has 32 heavy (non-hydrogen) atoms. The lowest BCUT2D eigenvalue weighted by molar-refractivity contribution is 0.0956. The lowest BCUT2D eigenvalue weighted by Crippen LogP contribution is -2.50. The van der Waals surface area contributed by atoms with Gasteiger partial charge in [-0.05, 0) is 47.2 Å². The van der Waals surface area contributed by atoms with E-state index >= 15 is 0 Å². The first-order chi connectivity index (χ1) is 15.5. The molecule has 0 unspecified atom stereocenters. The third-order valence-electron chi connectivity index (χ3n) is 5.73. The predicted molar refractivity (Wildman–Crippen MR) is 127 cm³/mol. The zero-order valence-electron chi connectivity index (χ0n) is 18.0. The van der Waals surface area contributed by atoms with Gasteiger partial charge >= 0.3 is 0 Å². The lowest BCUT2D eigenvalue weighted by Gasteiger charge is -2.35. The molecule has 1 fully saturated rings. The molecule has 3 aromatic rings. The van der Waals surface area contributed by atoms with Crippen LogP contribution in [-0.4, -0.2) is 64.2 Å². The average Bonchev–Trinajstić information content (AvgIpc) is 2.83. The maximum atomic E-state index is 12.7. The smallest absolute Gasteiger partial charge is 0.251 e. The van der Waals surface area contributed by atoms with Gasteiger partial charge in [-0.1, -0.05) is 30.3 Å². The monoisotopic (exact) mass is 453 g/mol. The number of fused-ring (bicyclic) bond motifs is 1. The maximum absolute atomic E-state index is 12.7. The second kappa shape index (κ2) is 9.58. The van der Waals surface area contributed by atoms with Gasteiger partial charge in [0.2, 0.25) is 10.0 Å². The van der Waals surface area contributed by atoms with Crippen LogP contribution in [0.4, 0.5) is 5.69 Å². The summed E-state index contributed by atoms with van der Waals surface area (Å²) in [6.07, 6.45) is 0. The fraction of sp³-hybridized carbons (Fsp3) is 0.292. The molecule has 0 radical (unpaired) electrons. The van der Waals surface area contributed by atoms with Gasteiger partial charge in [0.15, 0.2) is 0 Å². The number of nitrogens with zero attached hydrogens (tertiary/aromatic N) is 2. The largest absolute Gasteiger partial charge is 0.497 e. The van der Waals surface area contributed by atoms with Crippen molar-refractivity contribution >= 4 is 32.4 Å². The van der Waals surface area contributed by atoms with Gasteiger partial charge in [-0.15, -0.1) is 0 Å². The molecule has 7 nitrogen and oxygen atoms in total. The molecule has 0 bridgehead atoms. The Bertz CT molecular complexity index is 1190. The summed E-state index contributed by atoms with van der Waals surface area (Å²) < 4.78 is 32.2. The number of nitrogens with one attached hydrogen (secondary N) is 1. The van der Waals surface area contributed by atoms with Gasteiger partial charge in [-0.3, -0.25) is 4.79 Å². The van der Waals surface area contributed by atoms with Crippen LogP contribution < -0.4 is 15.0 Å². The van der Waals surface area contributed by atoms with Crippen LogP contribution in [0.2, 0.25) is 0 Å². The molecule has 0 atom stereocenters. The number of sulfonamides is 1. The number of hydrogen-bond donors (Lipinski definition) is 1. The quantitative estimate of drug-likeness (QED) is 0.595. The highest BCUT2D eigenvalue weighted by atomic mass is 32.2. The van der Waals surface area contributed by atoms with Crippen LogP contribution in [0.15, 0.2) is 66.7 Å². The van der Waals surface area contributed by atoms with Crippen molar-refractivity contribution in [2.45, 2.75) is 0 Å². The number of methoxy groups -OCH3 is 1. The summed E-state index contributed by atoms with van der Waals surface area (Å²) in [4.78, 5) is 14.6. The Balaban J connectivity index is 1.28. The van der Waals surface area contributed by atoms with E-state index in [1.165, 1.54) is 4.31 Å². The third kappa shape index (κ3) is 5.03. The number of piperazine rings is 1. The Labute approximate surface area is 188 Å². The number of anilines is 1. The number of benzene rings is 3. The molecule has 0 spiro atoms. The van der Waals surface area contributed by atoms with E-state index in [1.54, 1.807) is 13.2 Å². The Morgan fingerprint density at radius 2 is 1.62 bits per heavy atom. The van der Waals surface area contributed by atoms with Crippen LogP contribution in [0.5, 0.6) is 5.75 Å². The number of amides is 1. The van der Waals surface area contributed by atoms with Crippen molar-refractivity contribution in [3.8, 4) is 5.75 Å². The number of ether oxygens (including phenoxy) is 1. The first kappa shape index (κ1) is 22.1. The van der Waals surface area contributed by atoms with Gasteiger partial charge < -0.3 is 15.0 Å². The molecule has 3 aromatic carbocycles. The highest BCUT2D eigenvalue weighted by molar-refractivity contribution is 7.89. The van der Waals surface area contributed by atoms with Gasteiger partial charge in [0.25, 0.3) is 5.91 Å². The molecule has 1 aliphatic heterocycles. The van der Waals surface area contributed by atoms with Crippen molar-refractivity contribution in [2.24, 2.45) is 0 Å². The van der Waals surface area contributed by atoms with Crippen LogP contribution in [-0.2, 0) is 10.0 Å². The van der Waals surface area contributed by atoms with Crippen LogP contribution in [0.3, 0.4) is 0 Å². The van der Waals surface area contributed by atoms with E-state index in [2.05, 4.69) is 10.2 Å². The molecule has 4 rings (SSSR count). The average molecular weight is 454 g/mol. The van der Waals surface area contributed by atoms with E-state index in [0.717, 1.165) is 22.2 Å². The fourth-order valence-electron chi connectivity index (χ4n) is 3.87. The minimum absolute atomic E-state index is 0.0761. The van der Waals surface area contributed by atoms with Gasteiger partial charge in [-0.2, -0.15) is 4.31 Å². The zero-order valence-corrected chi connectivity index (χ0v) is 18.8. The van der Waals surface area contributed by atoms with Crippen LogP contribution in [0.1, 0.15) is 10.4 Å². The van der Waals surface area contributed by atoms with Crippen molar-refractivity contribution in [1.82, 2.24) is 9.62 Å². The summed E-state index contributed by atoms with van der Waals surface area (Å²) in [5, 5.41) is 4.77. The Morgan fingerprint density at radius 1 is 0.938 bits per heavy atom. The second-order valence-corrected chi connectivity index (χ2v) is 9.81. The molecule has 0 saturated carbocycles. The standard InChI is InChI=1S/C24H27N3O4S/c1-31-23-10-8-22(9-11-23)26-13-15-27(16-14-26)32(29,30)17-12-25-24(28)21-7-6-19-4-2-3-5-20(19)18-21/h2-11,18H,12-17H2,1H3,(H,25,28). The van der Waals surface area contributed by atoms with Crippen LogP contribution >= 0.6 is 0 Å². The minimum Gasteiger partial charge on any atom is -0.497 e. The molecule has 1 aliphatic rings. The molecular formula is C24H27N3O4S. The van der Waals surface area contributed by atoms with Crippen molar-refractivity contribution in [3.05, 3.63) is 72.3 Å². The Kier molecular flexibility index (Phi) is 6.62. The second-order valence-electron chi connectivity index (χ2n) is 7.72. The maximum Gasteiger partial charge on any atom is 0.251 e. The normalized spacial score (nSPS) is 15.0. The summed E-state index contributed by atoms with van der Waals surface area (Å²) in [6.45, 7) is 2.16. The SMILES string of the molecule is COc1ccc(N2CCN(S(=O)(=O)CCNC(=O)c3ccc4ccccc4c3)CC2)cc1. The van der Waals surface area contributed by atoms with Crippen molar-refractivity contribution < 1.29 is 17.9 Å². The van der Waals surface area contributed by atoms with E-state index in [-0.39, 0.29) is 18.2 Å². The Hall–Kier alpha value is -3.10. The molecule has 1 saturated heterocycles. The molecule has 1 heterocycles. The third-order valence-corrected chi connectivity index (χ3v) is 7.60. The summed E-state index contributed by atoms with van der Waals surface area (Å²) in [5.74, 6) is 0.408. The number of carbonyl (C=O) groups is 1. The number of carbonyl (C=O) groups excluding carboxylic acids is 1. The summed E-state index contributed by atoms with van der Waals surface area (Å²) in [7, 11) is -1.81. The lowest BCUT2D eigenvalue weighted by atomic mass is 10.1. The van der Waals surface area contributed by atoms with Crippen LogP contribution in [0, 0.1) is 0 Å². The van der Waals surface area contributed by atoms with E-state index < -0.39 is 10.0 Å². The Morgan fingerprint density at radius 3 is 2.31 bits per heavy atom. The summed E-state index contributed by atoms with van der Waals surface area (Å²) in [6, 6.07) is 21.0. The van der Waals surface area contributed by atoms with Crippen LogP contribution in [0.25, 0.3) is 10.8 Å². The first-order valence-corrected chi connectivity index (χ1v) is 12.2. The van der Waals surface area contributed by atoms with Gasteiger partial charge in [0.05, 0.1) is 12.9 Å². The molecule has 0 aliphatic carbocycles. The van der Waals surface area contributed by atoms with Crippen molar-refractivity contribution in [3.63, 3.8) is 0 Å². The molecule has 8 heteroatoms. The topological polar surface area (TPSA) is 79.0 Å². The fourth-order valence-corrected chi connectivity index (χ4v) is 5.21. The van der Waals surface area contributed by atoms with Gasteiger partial charge in [-0.25, -0.2) is 8.42 Å². The number of hydrogen-bond acceptors (Lipinski definition) is 5. The zero-order chi connectivity index (χ0) is 22.6. The summed E-state index contributed by atoms with van der Waals surface area (Å²) in [5.41, 5.74) is 1.57. The highest BCUT2D eigenvalue weighted by Gasteiger charge is 2.27. The van der Waals surface area contributed by atoms with Crippen molar-refractivity contribution in [1.29, 1.82) is 0 Å². The molecule has 1 amide bonds. The van der Waals surface area contributed by atoms with E-state index in [0.29, 0.717) is 31.7 Å². The molecule has 1 N–H and O–H groups in total. The molecule has 168 valence electrons. The van der Waals surface area contributed by atoms with Gasteiger partial charge in [0.1, 0.15) is 5.75 Å². The van der Waals surface area contributed by atoms with E-state index in [1.807, 2.05) is 60.7 Å². The number of rotatable bonds is 7. The molecular weight excluding hydrogens is 426 g/mol.